The number of nitrogens with one attached hydrogen (secondary N) is 1. The van der Waals surface area contributed by atoms with Crippen molar-refractivity contribution in [2.75, 3.05) is 17.8 Å². The van der Waals surface area contributed by atoms with E-state index in [-0.39, 0.29) is 28.4 Å². The highest BCUT2D eigenvalue weighted by Crippen LogP contribution is 2.34. The van der Waals surface area contributed by atoms with Crippen molar-refractivity contribution in [3.05, 3.63) is 11.8 Å². The lowest BCUT2D eigenvalue weighted by atomic mass is 10.1. The lowest BCUT2D eigenvalue weighted by Crippen LogP contribution is -2.33. The van der Waals surface area contributed by atoms with Gasteiger partial charge >= 0.3 is 0 Å². The van der Waals surface area contributed by atoms with Crippen molar-refractivity contribution in [3.63, 3.8) is 0 Å². The van der Waals surface area contributed by atoms with Gasteiger partial charge in [-0.3, -0.25) is 5.43 Å². The summed E-state index contributed by atoms with van der Waals surface area (Å²) in [5.74, 6) is 5.34. The fraction of sp³-hybridized carbons (Fsp3) is 0.417. The summed E-state index contributed by atoms with van der Waals surface area (Å²) >= 11 is 0. The quantitative estimate of drug-likeness (QED) is 0.267. The van der Waals surface area contributed by atoms with Crippen LogP contribution >= 0.6 is 0 Å². The summed E-state index contributed by atoms with van der Waals surface area (Å²) in [5.41, 5.74) is 8.47. The normalized spacial score (nSPS) is 27.3. The third-order valence-corrected chi connectivity index (χ3v) is 3.74. The van der Waals surface area contributed by atoms with Gasteiger partial charge < -0.3 is 30.4 Å². The number of nitrogens with two attached hydrogens (primary N) is 2. The summed E-state index contributed by atoms with van der Waals surface area (Å²) < 4.78 is 6.81. The van der Waals surface area contributed by atoms with Crippen molar-refractivity contribution in [1.29, 1.82) is 5.26 Å². The number of nitrogen functional groups attached to an aromatic ring is 2. The molecule has 1 saturated heterocycles. The summed E-state index contributed by atoms with van der Waals surface area (Å²) in [5, 5.41) is 38.7. The molecule has 1 fully saturated rings. The third kappa shape index (κ3) is 2.25. The summed E-state index contributed by atoms with van der Waals surface area (Å²) in [7, 11) is 0. The molecule has 0 aromatic carbocycles. The Kier molecular flexibility index (Phi) is 3.76. The number of hydrazine groups is 1. The zero-order valence-corrected chi connectivity index (χ0v) is 11.8. The maximum Gasteiger partial charge on any atom is 0.241 e. The molecule has 0 bridgehead atoms. The lowest BCUT2D eigenvalue weighted by molar-refractivity contribution is -0.0508. The van der Waals surface area contributed by atoms with Gasteiger partial charge in [-0.05, 0) is 0 Å². The molecule has 4 unspecified atom stereocenters. The number of hydrogen-bond donors (Lipinski definition) is 6. The molecule has 1 aliphatic heterocycles. The van der Waals surface area contributed by atoms with Crippen molar-refractivity contribution >= 4 is 22.8 Å². The molecule has 4 atom stereocenters. The van der Waals surface area contributed by atoms with Crippen LogP contribution in [0.5, 0.6) is 0 Å². The maximum absolute atomic E-state index is 10.1. The van der Waals surface area contributed by atoms with Gasteiger partial charge in [0, 0.05) is 6.20 Å². The number of aromatic nitrogens is 3. The van der Waals surface area contributed by atoms with E-state index in [2.05, 4.69) is 15.4 Å². The van der Waals surface area contributed by atoms with E-state index in [4.69, 9.17) is 16.3 Å². The Balaban J connectivity index is 2.18. The standard InChI is InChI=1S/C12H15N7O4/c13-1-4-2-19(11-8(22)7(21)5(3-20)23-11)10-6(4)9(14)16-12(17-10)18-15/h2,5,7-8,11,20-22H,3,15H2,(H3,14,16,17,18). The first-order chi connectivity index (χ1) is 11.0. The van der Waals surface area contributed by atoms with E-state index in [0.29, 0.717) is 0 Å². The molecule has 122 valence electrons. The van der Waals surface area contributed by atoms with E-state index in [1.54, 1.807) is 0 Å². The second-order valence-corrected chi connectivity index (χ2v) is 5.07. The molecule has 1 aliphatic rings. The van der Waals surface area contributed by atoms with Crippen LogP contribution in [0.15, 0.2) is 6.20 Å². The predicted octanol–water partition coefficient (Wildman–Crippen LogP) is -2.22. The number of hydrogen-bond acceptors (Lipinski definition) is 10. The van der Waals surface area contributed by atoms with Gasteiger partial charge in [0.25, 0.3) is 0 Å². The first-order valence-electron chi connectivity index (χ1n) is 6.69. The third-order valence-electron chi connectivity index (χ3n) is 3.74. The first kappa shape index (κ1) is 15.4. The lowest BCUT2D eigenvalue weighted by Gasteiger charge is -2.17. The van der Waals surface area contributed by atoms with E-state index in [1.165, 1.54) is 10.8 Å². The van der Waals surface area contributed by atoms with Gasteiger partial charge in [0.15, 0.2) is 11.9 Å². The number of anilines is 2. The summed E-state index contributed by atoms with van der Waals surface area (Å²) in [6.45, 7) is -0.467. The minimum absolute atomic E-state index is 0.0191. The molecule has 0 amide bonds. The Morgan fingerprint density at radius 1 is 1.39 bits per heavy atom. The molecule has 0 aliphatic carbocycles. The van der Waals surface area contributed by atoms with Crippen LogP contribution in [0.3, 0.4) is 0 Å². The minimum atomic E-state index is -1.32. The predicted molar refractivity (Wildman–Crippen MR) is 77.5 cm³/mol. The van der Waals surface area contributed by atoms with Crippen molar-refractivity contribution < 1.29 is 20.1 Å². The van der Waals surface area contributed by atoms with E-state index >= 15 is 0 Å². The molecule has 0 saturated carbocycles. The fourth-order valence-electron chi connectivity index (χ4n) is 2.63. The highest BCUT2D eigenvalue weighted by molar-refractivity contribution is 5.93. The molecule has 11 heteroatoms. The van der Waals surface area contributed by atoms with Gasteiger partial charge in [0.1, 0.15) is 30.2 Å². The number of nitrogens with zero attached hydrogens (tertiary/aromatic N) is 4. The summed E-state index contributed by atoms with van der Waals surface area (Å²) in [6, 6.07) is 1.96. The van der Waals surface area contributed by atoms with E-state index in [1.807, 2.05) is 6.07 Å². The average molecular weight is 321 g/mol. The smallest absolute Gasteiger partial charge is 0.241 e. The monoisotopic (exact) mass is 321 g/mol. The van der Waals surface area contributed by atoms with Crippen LogP contribution in [0, 0.1) is 11.3 Å². The number of rotatable bonds is 3. The average Bonchev–Trinajstić information content (AvgIpc) is 3.06. The molecule has 0 spiro atoms. The fourth-order valence-corrected chi connectivity index (χ4v) is 2.63. The van der Waals surface area contributed by atoms with E-state index < -0.39 is 31.1 Å². The Morgan fingerprint density at radius 3 is 2.70 bits per heavy atom. The van der Waals surface area contributed by atoms with Gasteiger partial charge in [-0.25, -0.2) is 5.84 Å². The van der Waals surface area contributed by atoms with E-state index in [9.17, 15) is 20.6 Å². The molecule has 8 N–H and O–H groups in total. The molecule has 23 heavy (non-hydrogen) atoms. The molecule has 3 heterocycles. The number of aliphatic hydroxyl groups is 3. The Morgan fingerprint density at radius 2 is 2.13 bits per heavy atom. The molecular formula is C12H15N7O4. The van der Waals surface area contributed by atoms with Gasteiger partial charge in [0.2, 0.25) is 5.95 Å². The number of fused-ring (bicyclic) bond motifs is 1. The summed E-state index contributed by atoms with van der Waals surface area (Å²) in [4.78, 5) is 8.03. The van der Waals surface area contributed by atoms with Crippen LogP contribution in [-0.2, 0) is 4.74 Å². The van der Waals surface area contributed by atoms with Crippen molar-refractivity contribution in [1.82, 2.24) is 14.5 Å². The molecule has 11 nitrogen and oxygen atoms in total. The molecular weight excluding hydrogens is 306 g/mol. The zero-order chi connectivity index (χ0) is 16.7. The largest absolute Gasteiger partial charge is 0.394 e. The topological polar surface area (TPSA) is 188 Å². The molecule has 2 aromatic heterocycles. The highest BCUT2D eigenvalue weighted by atomic mass is 16.6. The number of aliphatic hydroxyl groups excluding tert-OH is 3. The Bertz CT molecular complexity index is 786. The van der Waals surface area contributed by atoms with Crippen LogP contribution in [0.1, 0.15) is 11.8 Å². The Labute approximate surface area is 129 Å². The Hall–Kier alpha value is -2.49. The van der Waals surface area contributed by atoms with Gasteiger partial charge in [-0.1, -0.05) is 0 Å². The molecule has 0 radical (unpaired) electrons. The second kappa shape index (κ2) is 5.61. The SMILES string of the molecule is N#Cc1cn(C2OC(CO)C(O)C2O)c2nc(NN)nc(N)c12. The number of ether oxygens (including phenoxy) is 1. The van der Waals surface area contributed by atoms with Crippen LogP contribution in [0.4, 0.5) is 11.8 Å². The van der Waals surface area contributed by atoms with Crippen LogP contribution in [0.25, 0.3) is 11.0 Å². The maximum atomic E-state index is 10.1. The zero-order valence-electron chi connectivity index (χ0n) is 11.8. The molecule has 3 rings (SSSR count). The van der Waals surface area contributed by atoms with Crippen molar-refractivity contribution in [2.45, 2.75) is 24.5 Å². The minimum Gasteiger partial charge on any atom is -0.394 e. The van der Waals surface area contributed by atoms with Crippen molar-refractivity contribution in [2.24, 2.45) is 5.84 Å². The van der Waals surface area contributed by atoms with Crippen LogP contribution in [-0.4, -0.2) is 54.8 Å². The van der Waals surface area contributed by atoms with E-state index in [0.717, 1.165) is 0 Å². The first-order valence-corrected chi connectivity index (χ1v) is 6.69. The van der Waals surface area contributed by atoms with Crippen LogP contribution in [0.2, 0.25) is 0 Å². The second-order valence-electron chi connectivity index (χ2n) is 5.07. The van der Waals surface area contributed by atoms with Crippen LogP contribution < -0.4 is 17.0 Å². The summed E-state index contributed by atoms with van der Waals surface area (Å²) in [6.07, 6.45) is -3.22. The van der Waals surface area contributed by atoms with Gasteiger partial charge in [-0.2, -0.15) is 15.2 Å². The molecule has 2 aromatic rings. The van der Waals surface area contributed by atoms with Crippen molar-refractivity contribution in [3.8, 4) is 6.07 Å². The highest BCUT2D eigenvalue weighted by Gasteiger charge is 2.44. The number of nitriles is 1. The van der Waals surface area contributed by atoms with Gasteiger partial charge in [0.05, 0.1) is 17.6 Å². The van der Waals surface area contributed by atoms with Gasteiger partial charge in [-0.15, -0.1) is 0 Å².